The molecule has 2 fully saturated rings. The van der Waals surface area contributed by atoms with Crippen LogP contribution in [0.3, 0.4) is 0 Å². The molecule has 1 saturated heterocycles. The fourth-order valence-corrected chi connectivity index (χ4v) is 9.18. The van der Waals surface area contributed by atoms with Gasteiger partial charge in [-0.2, -0.15) is 0 Å². The van der Waals surface area contributed by atoms with Gasteiger partial charge in [-0.1, -0.05) is 32.6 Å². The van der Waals surface area contributed by atoms with Crippen LogP contribution in [0.15, 0.2) is 6.07 Å². The van der Waals surface area contributed by atoms with Crippen molar-refractivity contribution in [3.05, 3.63) is 15.8 Å². The number of carbonyl (C=O) groups excluding carboxylic acids is 1. The second-order valence-corrected chi connectivity index (χ2v) is 17.3. The standard InChI is InChI=1S/C29H47NO5SSi/c1-8-37(9-2,10-3)35-29(21-34-23-14-18-33-20-23)16-11-22(12-17-29)30-25-19-24(13-15-28(4,5)6)36-26(25)27(31)32-7/h19,22-23,30H,8-12,14,16-18,20-21H2,1-7H3/t22-,23-,29-/m0/s1. The van der Waals surface area contributed by atoms with Gasteiger partial charge in [-0.3, -0.25) is 0 Å². The van der Waals surface area contributed by atoms with Crippen molar-refractivity contribution in [2.45, 2.75) is 110 Å². The molecule has 1 aliphatic heterocycles. The minimum absolute atomic E-state index is 0.101. The van der Waals surface area contributed by atoms with E-state index in [0.29, 0.717) is 18.1 Å². The van der Waals surface area contributed by atoms with E-state index in [2.05, 4.69) is 58.7 Å². The summed E-state index contributed by atoms with van der Waals surface area (Å²) in [4.78, 5) is 14.0. The molecule has 37 heavy (non-hydrogen) atoms. The second kappa shape index (κ2) is 13.1. The quantitative estimate of drug-likeness (QED) is 0.185. The van der Waals surface area contributed by atoms with Crippen LogP contribution in [0.2, 0.25) is 18.1 Å². The first-order valence-corrected chi connectivity index (χ1v) is 17.3. The summed E-state index contributed by atoms with van der Waals surface area (Å²) in [5, 5.41) is 3.66. The van der Waals surface area contributed by atoms with Crippen LogP contribution in [-0.2, 0) is 18.6 Å². The lowest BCUT2D eigenvalue weighted by molar-refractivity contribution is -0.0824. The number of rotatable bonds is 11. The molecule has 0 spiro atoms. The molecule has 2 aliphatic rings. The Hall–Kier alpha value is -1.37. The van der Waals surface area contributed by atoms with Crippen LogP contribution in [-0.4, -0.2) is 59.0 Å². The van der Waals surface area contributed by atoms with Gasteiger partial charge < -0.3 is 24.0 Å². The largest absolute Gasteiger partial charge is 0.465 e. The van der Waals surface area contributed by atoms with Gasteiger partial charge in [0.1, 0.15) is 4.88 Å². The number of nitrogens with one attached hydrogen (secondary N) is 1. The highest BCUT2D eigenvalue weighted by Gasteiger charge is 2.44. The van der Waals surface area contributed by atoms with E-state index in [0.717, 1.165) is 67.4 Å². The zero-order chi connectivity index (χ0) is 27.1. The molecule has 1 aromatic heterocycles. The summed E-state index contributed by atoms with van der Waals surface area (Å²) in [6, 6.07) is 5.65. The van der Waals surface area contributed by atoms with E-state index < -0.39 is 8.32 Å². The number of esters is 1. The maximum atomic E-state index is 12.5. The van der Waals surface area contributed by atoms with Crippen molar-refractivity contribution in [1.82, 2.24) is 0 Å². The number of hydrogen-bond donors (Lipinski definition) is 1. The fraction of sp³-hybridized carbons (Fsp3) is 0.759. The molecule has 208 valence electrons. The second-order valence-electron chi connectivity index (χ2n) is 11.6. The molecule has 3 rings (SSSR count). The zero-order valence-corrected chi connectivity index (χ0v) is 25.8. The van der Waals surface area contributed by atoms with E-state index in [4.69, 9.17) is 18.6 Å². The lowest BCUT2D eigenvalue weighted by Crippen LogP contribution is -2.53. The minimum atomic E-state index is -1.81. The summed E-state index contributed by atoms with van der Waals surface area (Å²) in [5.74, 6) is 6.19. The minimum Gasteiger partial charge on any atom is -0.465 e. The van der Waals surface area contributed by atoms with Gasteiger partial charge in [0.15, 0.2) is 8.32 Å². The zero-order valence-electron chi connectivity index (χ0n) is 24.0. The van der Waals surface area contributed by atoms with Crippen molar-refractivity contribution in [2.24, 2.45) is 5.41 Å². The molecule has 1 aromatic rings. The molecule has 0 amide bonds. The summed E-state index contributed by atoms with van der Waals surface area (Å²) in [7, 11) is -0.377. The van der Waals surface area contributed by atoms with Crippen molar-refractivity contribution in [2.75, 3.05) is 32.2 Å². The summed E-state index contributed by atoms with van der Waals surface area (Å²) < 4.78 is 24.2. The number of hydrogen-bond acceptors (Lipinski definition) is 7. The molecule has 0 aromatic carbocycles. The molecule has 1 atom stereocenters. The Bertz CT molecular complexity index is 933. The first kappa shape index (κ1) is 30.2. The highest BCUT2D eigenvalue weighted by atomic mass is 32.1. The van der Waals surface area contributed by atoms with Gasteiger partial charge in [-0.25, -0.2) is 4.79 Å². The number of methoxy groups -OCH3 is 1. The third kappa shape index (κ3) is 8.30. The fourth-order valence-electron chi connectivity index (χ4n) is 5.18. The molecular formula is C29H47NO5SSi. The monoisotopic (exact) mass is 549 g/mol. The molecule has 6 nitrogen and oxygen atoms in total. The molecule has 2 heterocycles. The Morgan fingerprint density at radius 2 is 1.86 bits per heavy atom. The molecule has 0 radical (unpaired) electrons. The number of anilines is 1. The van der Waals surface area contributed by atoms with Crippen LogP contribution in [0.1, 0.15) is 88.2 Å². The lowest BCUT2D eigenvalue weighted by Gasteiger charge is -2.46. The summed E-state index contributed by atoms with van der Waals surface area (Å²) in [6.07, 6.45) is 4.96. The summed E-state index contributed by atoms with van der Waals surface area (Å²) in [6.45, 7) is 15.2. The summed E-state index contributed by atoms with van der Waals surface area (Å²) in [5.41, 5.74) is 0.487. The van der Waals surface area contributed by atoms with Crippen molar-refractivity contribution in [3.63, 3.8) is 0 Å². The first-order chi connectivity index (χ1) is 17.6. The van der Waals surface area contributed by atoms with Gasteiger partial charge in [-0.15, -0.1) is 11.3 Å². The third-order valence-electron chi connectivity index (χ3n) is 7.76. The SMILES string of the molecule is CC[Si](CC)(CC)O[C@]1(CO[C@H]2CCOC2)CC[C@@H](Nc2cc(C#CC(C)(C)C)sc2C(=O)OC)CC1. The Morgan fingerprint density at radius 1 is 1.19 bits per heavy atom. The maximum Gasteiger partial charge on any atom is 0.350 e. The Kier molecular flexibility index (Phi) is 10.7. The summed E-state index contributed by atoms with van der Waals surface area (Å²) >= 11 is 1.40. The Morgan fingerprint density at radius 3 is 2.41 bits per heavy atom. The van der Waals surface area contributed by atoms with Gasteiger partial charge in [0.05, 0.1) is 42.6 Å². The first-order valence-electron chi connectivity index (χ1n) is 14.0. The molecule has 1 aliphatic carbocycles. The van der Waals surface area contributed by atoms with E-state index >= 15 is 0 Å². The molecule has 8 heteroatoms. The van der Waals surface area contributed by atoms with E-state index in [1.165, 1.54) is 18.4 Å². The van der Waals surface area contributed by atoms with E-state index in [-0.39, 0.29) is 29.1 Å². The van der Waals surface area contributed by atoms with Crippen LogP contribution < -0.4 is 5.32 Å². The van der Waals surface area contributed by atoms with Crippen LogP contribution in [0.5, 0.6) is 0 Å². The van der Waals surface area contributed by atoms with Gasteiger partial charge in [0, 0.05) is 18.1 Å². The van der Waals surface area contributed by atoms with Crippen molar-refractivity contribution < 1.29 is 23.4 Å². The van der Waals surface area contributed by atoms with Crippen molar-refractivity contribution in [1.29, 1.82) is 0 Å². The van der Waals surface area contributed by atoms with Gasteiger partial charge >= 0.3 is 5.97 Å². The highest BCUT2D eigenvalue weighted by Crippen LogP contribution is 2.40. The third-order valence-corrected chi connectivity index (χ3v) is 13.5. The van der Waals surface area contributed by atoms with Gasteiger partial charge in [0.25, 0.3) is 0 Å². The highest BCUT2D eigenvalue weighted by molar-refractivity contribution is 7.15. The van der Waals surface area contributed by atoms with Gasteiger partial charge in [-0.05, 0) is 77.1 Å². The molecular weight excluding hydrogens is 502 g/mol. The Labute approximate surface area is 229 Å². The van der Waals surface area contributed by atoms with Crippen LogP contribution in [0.25, 0.3) is 0 Å². The Balaban J connectivity index is 1.74. The predicted molar refractivity (Wildman–Crippen MR) is 154 cm³/mol. The number of carbonyl (C=O) groups is 1. The number of ether oxygens (including phenoxy) is 3. The van der Waals surface area contributed by atoms with E-state index in [1.54, 1.807) is 0 Å². The van der Waals surface area contributed by atoms with Crippen molar-refractivity contribution >= 4 is 31.3 Å². The van der Waals surface area contributed by atoms with Crippen LogP contribution in [0, 0.1) is 17.3 Å². The predicted octanol–water partition coefficient (Wildman–Crippen LogP) is 6.85. The lowest BCUT2D eigenvalue weighted by atomic mass is 9.82. The van der Waals surface area contributed by atoms with Crippen molar-refractivity contribution in [3.8, 4) is 11.8 Å². The van der Waals surface area contributed by atoms with E-state index in [1.807, 2.05) is 6.07 Å². The molecule has 1 saturated carbocycles. The normalized spacial score (nSPS) is 24.4. The van der Waals surface area contributed by atoms with Gasteiger partial charge in [0.2, 0.25) is 0 Å². The van der Waals surface area contributed by atoms with Crippen LogP contribution in [0.4, 0.5) is 5.69 Å². The number of thiophene rings is 1. The average molecular weight is 550 g/mol. The van der Waals surface area contributed by atoms with E-state index in [9.17, 15) is 4.79 Å². The average Bonchev–Trinajstić information content (AvgIpc) is 3.56. The molecule has 1 N–H and O–H groups in total. The topological polar surface area (TPSA) is 66.0 Å². The van der Waals surface area contributed by atoms with Crippen LogP contribution >= 0.6 is 11.3 Å². The molecule has 0 bridgehead atoms. The molecule has 0 unspecified atom stereocenters. The maximum absolute atomic E-state index is 12.5. The smallest absolute Gasteiger partial charge is 0.350 e.